The van der Waals surface area contributed by atoms with Crippen molar-refractivity contribution in [2.75, 3.05) is 0 Å². The summed E-state index contributed by atoms with van der Waals surface area (Å²) in [6.07, 6.45) is 6.11. The summed E-state index contributed by atoms with van der Waals surface area (Å²) in [4.78, 5) is 20.0. The van der Waals surface area contributed by atoms with Crippen molar-refractivity contribution in [2.24, 2.45) is 0 Å². The molecule has 0 bridgehead atoms. The van der Waals surface area contributed by atoms with Crippen molar-refractivity contribution in [1.82, 2.24) is 9.55 Å². The van der Waals surface area contributed by atoms with Crippen LogP contribution in [0.2, 0.25) is 0 Å². The molecule has 0 amide bonds. The molecule has 3 nitrogen and oxygen atoms in total. The lowest BCUT2D eigenvalue weighted by Gasteiger charge is -2.14. The molecule has 0 unspecified atom stereocenters. The van der Waals surface area contributed by atoms with Crippen LogP contribution in [-0.4, -0.2) is 9.55 Å². The highest BCUT2D eigenvalue weighted by molar-refractivity contribution is 7.98. The first kappa shape index (κ1) is 18.5. The molecule has 0 saturated carbocycles. The topological polar surface area (TPSA) is 34.9 Å². The normalized spacial score (nSPS) is 13.7. The van der Waals surface area contributed by atoms with E-state index in [0.717, 1.165) is 40.6 Å². The van der Waals surface area contributed by atoms with E-state index in [-0.39, 0.29) is 5.43 Å². The molecule has 0 aliphatic heterocycles. The molecule has 4 rings (SSSR count). The quantitative estimate of drug-likeness (QED) is 0.426. The molecule has 0 radical (unpaired) electrons. The van der Waals surface area contributed by atoms with Crippen molar-refractivity contribution in [3.8, 4) is 0 Å². The van der Waals surface area contributed by atoms with Gasteiger partial charge < -0.3 is 4.57 Å². The Bertz CT molecular complexity index is 1080. The number of allylic oxidation sites excluding steroid dienone is 1. The Morgan fingerprint density at radius 3 is 2.89 bits per heavy atom. The van der Waals surface area contributed by atoms with E-state index in [1.807, 2.05) is 6.08 Å². The molecule has 0 spiro atoms. The number of benzene rings is 1. The number of nitrogens with zero attached hydrogens (tertiary/aromatic N) is 2. The van der Waals surface area contributed by atoms with Gasteiger partial charge in [-0.05, 0) is 50.7 Å². The van der Waals surface area contributed by atoms with Crippen molar-refractivity contribution in [3.63, 3.8) is 0 Å². The van der Waals surface area contributed by atoms with Gasteiger partial charge in [0, 0.05) is 22.7 Å². The van der Waals surface area contributed by atoms with E-state index < -0.39 is 0 Å². The van der Waals surface area contributed by atoms with Crippen LogP contribution in [0, 0.1) is 13.8 Å². The number of aryl methyl sites for hydroxylation is 3. The molecule has 1 aromatic carbocycles. The van der Waals surface area contributed by atoms with Crippen LogP contribution >= 0.6 is 23.1 Å². The zero-order valence-corrected chi connectivity index (χ0v) is 17.5. The van der Waals surface area contributed by atoms with Crippen molar-refractivity contribution >= 4 is 33.4 Å². The zero-order valence-electron chi connectivity index (χ0n) is 15.9. The maximum absolute atomic E-state index is 13.0. The van der Waals surface area contributed by atoms with Gasteiger partial charge in [0.05, 0.1) is 0 Å². The number of thioether (sulfide) groups is 1. The van der Waals surface area contributed by atoms with Gasteiger partial charge in [0.1, 0.15) is 10.3 Å². The van der Waals surface area contributed by atoms with Crippen molar-refractivity contribution < 1.29 is 0 Å². The molecule has 0 atom stereocenters. The largest absolute Gasteiger partial charge is 0.307 e. The highest BCUT2D eigenvalue weighted by Crippen LogP contribution is 2.32. The fourth-order valence-electron chi connectivity index (χ4n) is 3.71. The predicted molar refractivity (Wildman–Crippen MR) is 116 cm³/mol. The third-order valence-corrected chi connectivity index (χ3v) is 7.51. The third kappa shape index (κ3) is 3.50. The van der Waals surface area contributed by atoms with Crippen LogP contribution in [0.1, 0.15) is 40.0 Å². The second-order valence-corrected chi connectivity index (χ2v) is 9.23. The molecular formula is C22H24N2OS2. The van der Waals surface area contributed by atoms with Gasteiger partial charge in [0.15, 0.2) is 5.16 Å². The van der Waals surface area contributed by atoms with Crippen LogP contribution in [0.25, 0.3) is 10.3 Å². The maximum atomic E-state index is 13.0. The maximum Gasteiger partial charge on any atom is 0.211 e. The molecule has 2 heterocycles. The number of aromatic nitrogens is 2. The molecule has 1 aliphatic rings. The Morgan fingerprint density at radius 1 is 1.30 bits per heavy atom. The lowest BCUT2D eigenvalue weighted by molar-refractivity contribution is 0.692. The SMILES string of the molecule is C=CCn1c(SCc2ccc(C)cc2C)nc2c(=O)c3c(sc21)CCCC3. The fraction of sp³-hybridized carbons (Fsp3) is 0.364. The van der Waals surface area contributed by atoms with Crippen LogP contribution < -0.4 is 5.43 Å². The average molecular weight is 397 g/mol. The molecule has 5 heteroatoms. The molecule has 0 N–H and O–H groups in total. The van der Waals surface area contributed by atoms with Gasteiger partial charge in [-0.3, -0.25) is 4.79 Å². The lowest BCUT2D eigenvalue weighted by atomic mass is 9.98. The number of imidazole rings is 1. The van der Waals surface area contributed by atoms with Crippen LogP contribution in [0.5, 0.6) is 0 Å². The van der Waals surface area contributed by atoms with Crippen LogP contribution in [-0.2, 0) is 25.1 Å². The number of hydrogen-bond donors (Lipinski definition) is 0. The van der Waals surface area contributed by atoms with Gasteiger partial charge >= 0.3 is 0 Å². The van der Waals surface area contributed by atoms with E-state index in [0.29, 0.717) is 12.1 Å². The van der Waals surface area contributed by atoms with Crippen molar-refractivity contribution in [1.29, 1.82) is 0 Å². The van der Waals surface area contributed by atoms with E-state index in [1.54, 1.807) is 23.1 Å². The fourth-order valence-corrected chi connectivity index (χ4v) is 6.16. The summed E-state index contributed by atoms with van der Waals surface area (Å²) in [7, 11) is 0. The summed E-state index contributed by atoms with van der Waals surface area (Å²) in [5, 5.41) is 0.917. The molecule has 1 aliphatic carbocycles. The van der Waals surface area contributed by atoms with Gasteiger partial charge in [-0.15, -0.1) is 17.9 Å². The minimum atomic E-state index is 0.148. The monoisotopic (exact) mass is 396 g/mol. The molecule has 0 saturated heterocycles. The first-order chi connectivity index (χ1) is 13.1. The number of rotatable bonds is 5. The minimum Gasteiger partial charge on any atom is -0.307 e. The number of fused-ring (bicyclic) bond motifs is 2. The predicted octanol–water partition coefficient (Wildman–Crippen LogP) is 5.43. The van der Waals surface area contributed by atoms with E-state index in [9.17, 15) is 4.79 Å². The summed E-state index contributed by atoms with van der Waals surface area (Å²) >= 11 is 3.47. The minimum absolute atomic E-state index is 0.148. The smallest absolute Gasteiger partial charge is 0.211 e. The van der Waals surface area contributed by atoms with E-state index in [1.165, 1.54) is 28.0 Å². The van der Waals surface area contributed by atoms with Crippen LogP contribution in [0.15, 0.2) is 40.8 Å². The second kappa shape index (κ2) is 7.64. The van der Waals surface area contributed by atoms with E-state index in [2.05, 4.69) is 43.2 Å². The third-order valence-electron chi connectivity index (χ3n) is 5.18. The van der Waals surface area contributed by atoms with Gasteiger partial charge in [0.25, 0.3) is 0 Å². The van der Waals surface area contributed by atoms with Crippen LogP contribution in [0.4, 0.5) is 0 Å². The zero-order chi connectivity index (χ0) is 19.0. The van der Waals surface area contributed by atoms with Gasteiger partial charge in [-0.1, -0.05) is 41.6 Å². The summed E-state index contributed by atoms with van der Waals surface area (Å²) < 4.78 is 2.16. The Morgan fingerprint density at radius 2 is 2.11 bits per heavy atom. The van der Waals surface area contributed by atoms with E-state index >= 15 is 0 Å². The molecule has 2 aromatic heterocycles. The summed E-state index contributed by atoms with van der Waals surface area (Å²) in [5.41, 5.74) is 5.70. The van der Waals surface area contributed by atoms with E-state index in [4.69, 9.17) is 4.98 Å². The Balaban J connectivity index is 1.75. The summed E-state index contributed by atoms with van der Waals surface area (Å²) in [5.74, 6) is 0.852. The first-order valence-electron chi connectivity index (χ1n) is 9.43. The Labute approximate surface area is 168 Å². The van der Waals surface area contributed by atoms with Gasteiger partial charge in [0.2, 0.25) is 5.43 Å². The van der Waals surface area contributed by atoms with Crippen LogP contribution in [0.3, 0.4) is 0 Å². The molecule has 3 aromatic rings. The highest BCUT2D eigenvalue weighted by Gasteiger charge is 2.21. The molecule has 0 fully saturated rings. The highest BCUT2D eigenvalue weighted by atomic mass is 32.2. The van der Waals surface area contributed by atoms with Crippen molar-refractivity contribution in [3.05, 3.63) is 68.2 Å². The summed E-state index contributed by atoms with van der Waals surface area (Å²) in [6.45, 7) is 8.86. The summed E-state index contributed by atoms with van der Waals surface area (Å²) in [6, 6.07) is 6.56. The Kier molecular flexibility index (Phi) is 5.24. The standard InChI is InChI=1S/C22H24N2OS2/c1-4-11-24-21-19(20(25)17-7-5-6-8-18(17)27-21)23-22(24)26-13-16-10-9-14(2)12-15(16)3/h4,9-10,12H,1,5-8,11,13H2,2-3H3. The molecular weight excluding hydrogens is 372 g/mol. The second-order valence-electron chi connectivity index (χ2n) is 7.21. The molecule has 27 heavy (non-hydrogen) atoms. The van der Waals surface area contributed by atoms with Gasteiger partial charge in [-0.2, -0.15) is 0 Å². The lowest BCUT2D eigenvalue weighted by Crippen LogP contribution is -2.15. The molecule has 140 valence electrons. The number of hydrogen-bond acceptors (Lipinski definition) is 4. The van der Waals surface area contributed by atoms with Crippen molar-refractivity contribution in [2.45, 2.75) is 57.0 Å². The Hall–Kier alpha value is -1.85. The van der Waals surface area contributed by atoms with Gasteiger partial charge in [-0.25, -0.2) is 4.98 Å². The average Bonchev–Trinajstić information content (AvgIpc) is 3.00. The first-order valence-corrected chi connectivity index (χ1v) is 11.2.